The molecular formula is C19H32N2O2. The highest BCUT2D eigenvalue weighted by atomic mass is 16.2. The number of nitrogens with zero attached hydrogens (tertiary/aromatic N) is 2. The Bertz CT molecular complexity index is 441. The number of hydrogen-bond acceptors (Lipinski definition) is 2. The first-order chi connectivity index (χ1) is 11.0. The number of piperidine rings is 1. The van der Waals surface area contributed by atoms with Gasteiger partial charge in [-0.15, -0.1) is 0 Å². The van der Waals surface area contributed by atoms with Gasteiger partial charge in [-0.3, -0.25) is 9.59 Å². The molecule has 1 heterocycles. The van der Waals surface area contributed by atoms with Crippen LogP contribution in [0.2, 0.25) is 0 Å². The summed E-state index contributed by atoms with van der Waals surface area (Å²) >= 11 is 0. The van der Waals surface area contributed by atoms with Crippen LogP contribution < -0.4 is 0 Å². The first kappa shape index (κ1) is 18.0. The summed E-state index contributed by atoms with van der Waals surface area (Å²) in [5.41, 5.74) is 1.01. The minimum Gasteiger partial charge on any atom is -0.342 e. The number of carbonyl (C=O) groups excluding carboxylic acids is 2. The van der Waals surface area contributed by atoms with Crippen molar-refractivity contribution < 1.29 is 9.59 Å². The van der Waals surface area contributed by atoms with Gasteiger partial charge in [0.15, 0.2) is 0 Å². The molecule has 0 aromatic heterocycles. The number of amides is 2. The van der Waals surface area contributed by atoms with Gasteiger partial charge in [0, 0.05) is 32.6 Å². The van der Waals surface area contributed by atoms with E-state index >= 15 is 0 Å². The van der Waals surface area contributed by atoms with Crippen LogP contribution in [0.4, 0.5) is 0 Å². The zero-order valence-electron chi connectivity index (χ0n) is 14.9. The third-order valence-corrected chi connectivity index (χ3v) is 5.21. The Hall–Kier alpha value is -1.32. The highest BCUT2D eigenvalue weighted by Gasteiger charge is 2.33. The lowest BCUT2D eigenvalue weighted by atomic mass is 9.87. The van der Waals surface area contributed by atoms with Crippen molar-refractivity contribution in [2.45, 2.75) is 58.8 Å². The number of likely N-dealkylation sites (N-methyl/N-ethyl adjacent to an activating group) is 1. The van der Waals surface area contributed by atoms with E-state index in [1.807, 2.05) is 23.6 Å². The molecule has 2 rings (SSSR count). The summed E-state index contributed by atoms with van der Waals surface area (Å²) in [5.74, 6) is 1.04. The third kappa shape index (κ3) is 5.08. The molecule has 1 atom stereocenters. The van der Waals surface area contributed by atoms with Crippen LogP contribution in [-0.2, 0) is 9.59 Å². The lowest BCUT2D eigenvalue weighted by molar-refractivity contribution is -0.143. The summed E-state index contributed by atoms with van der Waals surface area (Å²) in [4.78, 5) is 28.8. The minimum absolute atomic E-state index is 0.0319. The van der Waals surface area contributed by atoms with Crippen LogP contribution in [0.3, 0.4) is 0 Å². The number of hydrogen-bond donors (Lipinski definition) is 0. The minimum atomic E-state index is -0.0319. The van der Waals surface area contributed by atoms with E-state index in [4.69, 9.17) is 0 Å². The summed E-state index contributed by atoms with van der Waals surface area (Å²) in [6.45, 7) is 10.7. The molecule has 130 valence electrons. The second kappa shape index (κ2) is 8.51. The first-order valence-electron chi connectivity index (χ1n) is 9.22. The van der Waals surface area contributed by atoms with Crippen molar-refractivity contribution in [3.63, 3.8) is 0 Å². The highest BCUT2D eigenvalue weighted by Crippen LogP contribution is 2.27. The molecule has 2 aliphatic rings. The molecule has 1 saturated carbocycles. The van der Waals surface area contributed by atoms with Crippen LogP contribution in [0.1, 0.15) is 58.8 Å². The average Bonchev–Trinajstić information content (AvgIpc) is 2.55. The van der Waals surface area contributed by atoms with E-state index in [0.29, 0.717) is 38.4 Å². The van der Waals surface area contributed by atoms with Crippen molar-refractivity contribution in [2.24, 2.45) is 11.8 Å². The lowest BCUT2D eigenvalue weighted by Gasteiger charge is -2.37. The van der Waals surface area contributed by atoms with Crippen molar-refractivity contribution in [3.05, 3.63) is 12.2 Å². The van der Waals surface area contributed by atoms with E-state index in [-0.39, 0.29) is 17.7 Å². The fourth-order valence-corrected chi connectivity index (χ4v) is 3.90. The summed E-state index contributed by atoms with van der Waals surface area (Å²) in [6, 6.07) is 0. The zero-order chi connectivity index (χ0) is 16.8. The third-order valence-electron chi connectivity index (χ3n) is 5.21. The van der Waals surface area contributed by atoms with E-state index in [0.717, 1.165) is 12.1 Å². The smallest absolute Gasteiger partial charge is 0.227 e. The molecule has 23 heavy (non-hydrogen) atoms. The van der Waals surface area contributed by atoms with E-state index in [9.17, 15) is 9.59 Å². The fraction of sp³-hybridized carbons (Fsp3) is 0.789. The van der Waals surface area contributed by atoms with Gasteiger partial charge in [0.25, 0.3) is 0 Å². The SMILES string of the molecule is C=C(C)CN(CC)C(=O)[C@H]1CCC(=O)N(CC2CCCCC2)C1. The van der Waals surface area contributed by atoms with Crippen molar-refractivity contribution >= 4 is 11.8 Å². The molecule has 0 bridgehead atoms. The van der Waals surface area contributed by atoms with E-state index in [2.05, 4.69) is 6.58 Å². The molecule has 0 unspecified atom stereocenters. The van der Waals surface area contributed by atoms with Crippen molar-refractivity contribution in [2.75, 3.05) is 26.2 Å². The predicted octanol–water partition coefficient (Wildman–Crippen LogP) is 3.23. The van der Waals surface area contributed by atoms with E-state index in [1.54, 1.807) is 0 Å². The van der Waals surface area contributed by atoms with Gasteiger partial charge in [0.1, 0.15) is 0 Å². The summed E-state index contributed by atoms with van der Waals surface area (Å²) in [7, 11) is 0. The molecule has 1 aliphatic carbocycles. The van der Waals surface area contributed by atoms with Gasteiger partial charge in [0.2, 0.25) is 11.8 Å². The van der Waals surface area contributed by atoms with Gasteiger partial charge in [-0.2, -0.15) is 0 Å². The van der Waals surface area contributed by atoms with Crippen LogP contribution in [0.15, 0.2) is 12.2 Å². The standard InChI is InChI=1S/C19H32N2O2/c1-4-20(12-15(2)3)19(23)17-10-11-18(22)21(14-17)13-16-8-6-5-7-9-16/h16-17H,2,4-14H2,1,3H3/t17-/m0/s1. The Morgan fingerprint density at radius 2 is 1.96 bits per heavy atom. The molecular weight excluding hydrogens is 288 g/mol. The number of rotatable bonds is 6. The molecule has 0 radical (unpaired) electrons. The maximum Gasteiger partial charge on any atom is 0.227 e. The molecule has 4 nitrogen and oxygen atoms in total. The van der Waals surface area contributed by atoms with Gasteiger partial charge in [-0.05, 0) is 39.0 Å². The Morgan fingerprint density at radius 3 is 2.57 bits per heavy atom. The van der Waals surface area contributed by atoms with E-state index in [1.165, 1.54) is 32.1 Å². The Balaban J connectivity index is 1.93. The van der Waals surface area contributed by atoms with Gasteiger partial charge >= 0.3 is 0 Å². The summed E-state index contributed by atoms with van der Waals surface area (Å²) in [6.07, 6.45) is 7.60. The topological polar surface area (TPSA) is 40.6 Å². The quantitative estimate of drug-likeness (QED) is 0.705. The van der Waals surface area contributed by atoms with E-state index < -0.39 is 0 Å². The lowest BCUT2D eigenvalue weighted by Crippen LogP contribution is -2.48. The second-order valence-electron chi connectivity index (χ2n) is 7.35. The molecule has 0 N–H and O–H groups in total. The van der Waals surface area contributed by atoms with Gasteiger partial charge < -0.3 is 9.80 Å². The van der Waals surface area contributed by atoms with Gasteiger partial charge in [-0.25, -0.2) is 0 Å². The molecule has 4 heteroatoms. The summed E-state index contributed by atoms with van der Waals surface area (Å²) in [5, 5.41) is 0. The van der Waals surface area contributed by atoms with Crippen LogP contribution in [0.5, 0.6) is 0 Å². The fourth-order valence-electron chi connectivity index (χ4n) is 3.90. The zero-order valence-corrected chi connectivity index (χ0v) is 14.9. The molecule has 0 spiro atoms. The Morgan fingerprint density at radius 1 is 1.26 bits per heavy atom. The molecule has 2 amide bonds. The molecule has 0 aromatic rings. The largest absolute Gasteiger partial charge is 0.342 e. The molecule has 1 saturated heterocycles. The molecule has 0 aromatic carbocycles. The van der Waals surface area contributed by atoms with Crippen LogP contribution in [-0.4, -0.2) is 47.8 Å². The average molecular weight is 320 g/mol. The van der Waals surface area contributed by atoms with Crippen molar-refractivity contribution in [1.29, 1.82) is 0 Å². The van der Waals surface area contributed by atoms with Gasteiger partial charge in [0.05, 0.1) is 5.92 Å². The van der Waals surface area contributed by atoms with Crippen molar-refractivity contribution in [1.82, 2.24) is 9.80 Å². The highest BCUT2D eigenvalue weighted by molar-refractivity contribution is 5.84. The number of carbonyl (C=O) groups is 2. The van der Waals surface area contributed by atoms with Crippen molar-refractivity contribution in [3.8, 4) is 0 Å². The Kier molecular flexibility index (Phi) is 6.67. The molecule has 2 fully saturated rings. The summed E-state index contributed by atoms with van der Waals surface area (Å²) < 4.78 is 0. The van der Waals surface area contributed by atoms with Gasteiger partial charge in [-0.1, -0.05) is 31.4 Å². The second-order valence-corrected chi connectivity index (χ2v) is 7.35. The van der Waals surface area contributed by atoms with Crippen LogP contribution in [0, 0.1) is 11.8 Å². The maximum absolute atomic E-state index is 12.8. The van der Waals surface area contributed by atoms with Crippen LogP contribution >= 0.6 is 0 Å². The normalized spacial score (nSPS) is 23.0. The first-order valence-corrected chi connectivity index (χ1v) is 9.22. The van der Waals surface area contributed by atoms with Crippen LogP contribution in [0.25, 0.3) is 0 Å². The monoisotopic (exact) mass is 320 g/mol. The number of likely N-dealkylation sites (tertiary alicyclic amines) is 1. The Labute approximate surface area is 140 Å². The maximum atomic E-state index is 12.8. The molecule has 1 aliphatic heterocycles. The predicted molar refractivity (Wildman–Crippen MR) is 92.9 cm³/mol.